The van der Waals surface area contributed by atoms with Crippen molar-refractivity contribution >= 4 is 21.8 Å². The maximum absolute atomic E-state index is 13.2. The molecule has 166 valence electrons. The normalized spacial score (nSPS) is 27.6. The van der Waals surface area contributed by atoms with Crippen molar-refractivity contribution < 1.29 is 19.4 Å². The van der Waals surface area contributed by atoms with Crippen molar-refractivity contribution in [1.29, 1.82) is 0 Å². The SMILES string of the molecule is COc1ccccc1CC(=O)N1CC2CC(CBr)CC(O)(c3ccccc3OC)C2C1. The molecule has 1 N–H and O–H groups in total. The first-order chi connectivity index (χ1) is 15.0. The molecule has 6 heteroatoms. The lowest BCUT2D eigenvalue weighted by Gasteiger charge is -2.45. The molecule has 0 radical (unpaired) electrons. The van der Waals surface area contributed by atoms with E-state index in [-0.39, 0.29) is 17.7 Å². The molecule has 4 unspecified atom stereocenters. The van der Waals surface area contributed by atoms with Crippen molar-refractivity contribution in [3.8, 4) is 11.5 Å². The Hall–Kier alpha value is -2.05. The van der Waals surface area contributed by atoms with Crippen LogP contribution in [0, 0.1) is 17.8 Å². The van der Waals surface area contributed by atoms with Gasteiger partial charge in [0.2, 0.25) is 5.91 Å². The van der Waals surface area contributed by atoms with E-state index in [0.29, 0.717) is 37.6 Å². The Balaban J connectivity index is 1.60. The Morgan fingerprint density at radius 1 is 1.10 bits per heavy atom. The summed E-state index contributed by atoms with van der Waals surface area (Å²) in [5.41, 5.74) is 0.702. The molecular weight excluding hydrogens is 458 g/mol. The van der Waals surface area contributed by atoms with Crippen LogP contribution < -0.4 is 9.47 Å². The number of fused-ring (bicyclic) bond motifs is 1. The van der Waals surface area contributed by atoms with Crippen molar-refractivity contribution in [1.82, 2.24) is 4.90 Å². The average molecular weight is 488 g/mol. The maximum atomic E-state index is 13.2. The first kappa shape index (κ1) is 22.2. The van der Waals surface area contributed by atoms with Crippen LogP contribution in [0.15, 0.2) is 48.5 Å². The smallest absolute Gasteiger partial charge is 0.227 e. The number of para-hydroxylation sites is 2. The average Bonchev–Trinajstić information content (AvgIpc) is 3.24. The van der Waals surface area contributed by atoms with Gasteiger partial charge in [0.05, 0.1) is 26.2 Å². The molecule has 2 aromatic rings. The number of benzene rings is 2. The number of carbonyl (C=O) groups is 1. The second-order valence-electron chi connectivity index (χ2n) is 8.74. The van der Waals surface area contributed by atoms with Gasteiger partial charge in [-0.15, -0.1) is 0 Å². The van der Waals surface area contributed by atoms with Crippen LogP contribution in [-0.2, 0) is 16.8 Å². The van der Waals surface area contributed by atoms with Crippen LogP contribution in [-0.4, -0.2) is 48.6 Å². The zero-order valence-electron chi connectivity index (χ0n) is 18.1. The Kier molecular flexibility index (Phi) is 6.58. The van der Waals surface area contributed by atoms with Gasteiger partial charge in [-0.25, -0.2) is 0 Å². The highest BCUT2D eigenvalue weighted by atomic mass is 79.9. The molecule has 0 spiro atoms. The molecule has 1 saturated heterocycles. The van der Waals surface area contributed by atoms with Crippen LogP contribution in [0.2, 0.25) is 0 Å². The number of hydrogen-bond donors (Lipinski definition) is 1. The predicted octanol–water partition coefficient (Wildman–Crippen LogP) is 4.01. The lowest BCUT2D eigenvalue weighted by Crippen LogP contribution is -2.46. The van der Waals surface area contributed by atoms with E-state index in [1.54, 1.807) is 14.2 Å². The van der Waals surface area contributed by atoms with Crippen LogP contribution in [0.4, 0.5) is 0 Å². The summed E-state index contributed by atoms with van der Waals surface area (Å²) < 4.78 is 11.0. The fourth-order valence-corrected chi connectivity index (χ4v) is 6.00. The number of aliphatic hydroxyl groups is 1. The third kappa shape index (κ3) is 4.20. The van der Waals surface area contributed by atoms with Crippen molar-refractivity contribution in [2.24, 2.45) is 17.8 Å². The molecule has 1 heterocycles. The van der Waals surface area contributed by atoms with Crippen LogP contribution in [0.3, 0.4) is 0 Å². The largest absolute Gasteiger partial charge is 0.496 e. The van der Waals surface area contributed by atoms with Crippen LogP contribution in [0.25, 0.3) is 0 Å². The summed E-state index contributed by atoms with van der Waals surface area (Å²) in [6.07, 6.45) is 1.97. The Morgan fingerprint density at radius 3 is 2.48 bits per heavy atom. The molecule has 4 atom stereocenters. The van der Waals surface area contributed by atoms with Crippen LogP contribution in [0.1, 0.15) is 24.0 Å². The fraction of sp³-hybridized carbons (Fsp3) is 0.480. The fourth-order valence-electron chi connectivity index (χ4n) is 5.51. The molecule has 31 heavy (non-hydrogen) atoms. The molecule has 4 rings (SSSR count). The van der Waals surface area contributed by atoms with Crippen LogP contribution >= 0.6 is 15.9 Å². The van der Waals surface area contributed by atoms with Crippen molar-refractivity contribution in [3.05, 3.63) is 59.7 Å². The minimum absolute atomic E-state index is 0.0132. The number of rotatable bonds is 6. The molecule has 2 aromatic carbocycles. The first-order valence-electron chi connectivity index (χ1n) is 10.8. The van der Waals surface area contributed by atoms with E-state index in [9.17, 15) is 9.90 Å². The zero-order valence-corrected chi connectivity index (χ0v) is 19.7. The van der Waals surface area contributed by atoms with E-state index in [1.165, 1.54) is 0 Å². The van der Waals surface area contributed by atoms with Gasteiger partial charge in [-0.1, -0.05) is 52.3 Å². The third-order valence-corrected chi connectivity index (χ3v) is 7.88. The van der Waals surface area contributed by atoms with Gasteiger partial charge >= 0.3 is 0 Å². The monoisotopic (exact) mass is 487 g/mol. The van der Waals surface area contributed by atoms with Gasteiger partial charge in [-0.3, -0.25) is 4.79 Å². The molecule has 1 aliphatic carbocycles. The van der Waals surface area contributed by atoms with Gasteiger partial charge in [0.15, 0.2) is 0 Å². The minimum Gasteiger partial charge on any atom is -0.496 e. The van der Waals surface area contributed by atoms with Gasteiger partial charge < -0.3 is 19.5 Å². The number of likely N-dealkylation sites (tertiary alicyclic amines) is 1. The highest BCUT2D eigenvalue weighted by molar-refractivity contribution is 9.09. The second kappa shape index (κ2) is 9.21. The highest BCUT2D eigenvalue weighted by Gasteiger charge is 2.53. The summed E-state index contributed by atoms with van der Waals surface area (Å²) in [6, 6.07) is 15.4. The summed E-state index contributed by atoms with van der Waals surface area (Å²) in [5.74, 6) is 2.11. The molecule has 5 nitrogen and oxygen atoms in total. The number of methoxy groups -OCH3 is 2. The quantitative estimate of drug-likeness (QED) is 0.625. The third-order valence-electron chi connectivity index (χ3n) is 6.97. The van der Waals surface area contributed by atoms with E-state index < -0.39 is 5.60 Å². The number of carbonyl (C=O) groups excluding carboxylic acids is 1. The summed E-state index contributed by atoms with van der Waals surface area (Å²) >= 11 is 3.64. The lowest BCUT2D eigenvalue weighted by atomic mass is 9.64. The maximum Gasteiger partial charge on any atom is 0.227 e. The van der Waals surface area contributed by atoms with Crippen molar-refractivity contribution in [2.75, 3.05) is 32.6 Å². The Morgan fingerprint density at radius 2 is 1.77 bits per heavy atom. The van der Waals surface area contributed by atoms with Gasteiger partial charge in [0.1, 0.15) is 11.5 Å². The van der Waals surface area contributed by atoms with E-state index in [1.807, 2.05) is 53.4 Å². The van der Waals surface area contributed by atoms with Gasteiger partial charge in [0, 0.05) is 35.5 Å². The Bertz CT molecular complexity index is 935. The molecular formula is C25H30BrNO4. The van der Waals surface area contributed by atoms with E-state index in [4.69, 9.17) is 9.47 Å². The number of nitrogens with zero attached hydrogens (tertiary/aromatic N) is 1. The highest BCUT2D eigenvalue weighted by Crippen LogP contribution is 2.52. The molecule has 1 saturated carbocycles. The van der Waals surface area contributed by atoms with Crippen LogP contribution in [0.5, 0.6) is 11.5 Å². The number of halogens is 1. The summed E-state index contributed by atoms with van der Waals surface area (Å²) in [4.78, 5) is 15.1. The van der Waals surface area contributed by atoms with Gasteiger partial charge in [0.25, 0.3) is 0 Å². The van der Waals surface area contributed by atoms with E-state index in [2.05, 4.69) is 15.9 Å². The summed E-state index contributed by atoms with van der Waals surface area (Å²) in [7, 11) is 3.27. The molecule has 0 bridgehead atoms. The number of hydrogen-bond acceptors (Lipinski definition) is 4. The summed E-state index contributed by atoms with van der Waals surface area (Å²) in [6.45, 7) is 1.24. The summed E-state index contributed by atoms with van der Waals surface area (Å²) in [5, 5.41) is 12.9. The minimum atomic E-state index is -1.02. The molecule has 1 aliphatic heterocycles. The Labute approximate surface area is 192 Å². The van der Waals surface area contributed by atoms with Crippen molar-refractivity contribution in [2.45, 2.75) is 24.9 Å². The van der Waals surface area contributed by atoms with E-state index in [0.717, 1.165) is 28.6 Å². The predicted molar refractivity (Wildman–Crippen MR) is 124 cm³/mol. The molecule has 2 fully saturated rings. The standard InChI is InChI=1S/C25H30BrNO4/c1-30-22-9-5-3-7-18(22)12-24(28)27-15-19-11-17(14-26)13-25(29,21(19)16-27)20-8-4-6-10-23(20)31-2/h3-10,17,19,21,29H,11-16H2,1-2H3. The van der Waals surface area contributed by atoms with Gasteiger partial charge in [-0.2, -0.15) is 0 Å². The molecule has 1 amide bonds. The number of ether oxygens (including phenoxy) is 2. The molecule has 2 aliphatic rings. The van der Waals surface area contributed by atoms with E-state index >= 15 is 0 Å². The molecule has 0 aromatic heterocycles. The number of alkyl halides is 1. The second-order valence-corrected chi connectivity index (χ2v) is 9.39. The van der Waals surface area contributed by atoms with Crippen molar-refractivity contribution in [3.63, 3.8) is 0 Å². The number of amides is 1. The lowest BCUT2D eigenvalue weighted by molar-refractivity contribution is -0.130. The zero-order chi connectivity index (χ0) is 22.0. The topological polar surface area (TPSA) is 59.0 Å². The first-order valence-corrected chi connectivity index (χ1v) is 11.9. The van der Waals surface area contributed by atoms with Gasteiger partial charge in [-0.05, 0) is 36.8 Å².